The van der Waals surface area contributed by atoms with Gasteiger partial charge >= 0.3 is 6.61 Å². The molecule has 0 fully saturated rings. The lowest BCUT2D eigenvalue weighted by Gasteiger charge is -2.13. The topological polar surface area (TPSA) is 50.4 Å². The monoisotopic (exact) mass is 382 g/mol. The van der Waals surface area contributed by atoms with Crippen LogP contribution < -0.4 is 15.4 Å². The molecule has 4 nitrogen and oxygen atoms in total. The maximum atomic E-state index is 12.4. The van der Waals surface area contributed by atoms with Crippen LogP contribution in [0.1, 0.15) is 38.2 Å². The molecule has 2 aromatic carbocycles. The Morgan fingerprint density at radius 1 is 1.15 bits per heavy atom. The maximum absolute atomic E-state index is 12.4. The van der Waals surface area contributed by atoms with Crippen molar-refractivity contribution in [2.75, 3.05) is 0 Å². The number of nitrogens with one attached hydrogen (secondary N) is 2. The number of alkyl halides is 2. The lowest BCUT2D eigenvalue weighted by Crippen LogP contribution is -2.23. The Kier molecular flexibility index (Phi) is 6.56. The van der Waals surface area contributed by atoms with Crippen LogP contribution in [0.5, 0.6) is 5.75 Å². The van der Waals surface area contributed by atoms with E-state index in [2.05, 4.69) is 27.5 Å². The van der Waals surface area contributed by atoms with Crippen LogP contribution in [-0.4, -0.2) is 12.5 Å². The fraction of sp³-hybridized carbons (Fsp3) is 0.316. The van der Waals surface area contributed by atoms with E-state index in [4.69, 9.17) is 0 Å². The van der Waals surface area contributed by atoms with Gasteiger partial charge in [-0.3, -0.25) is 4.79 Å². The summed E-state index contributed by atoms with van der Waals surface area (Å²) in [5.74, 6) is -0.119. The van der Waals surface area contributed by atoms with Crippen molar-refractivity contribution in [2.24, 2.45) is 0 Å². The predicted molar refractivity (Wildman–Crippen MR) is 98.0 cm³/mol. The number of hydrogen-bond acceptors (Lipinski definition) is 3. The van der Waals surface area contributed by atoms with Crippen LogP contribution in [0.25, 0.3) is 0 Å². The van der Waals surface area contributed by atoms with Crippen LogP contribution in [0.15, 0.2) is 30.3 Å². The number of carbonyl (C=O) groups excluding carboxylic acids is 1. The molecule has 0 atom stereocenters. The molecule has 0 aromatic heterocycles. The summed E-state index contributed by atoms with van der Waals surface area (Å²) in [7, 11) is 0. The summed E-state index contributed by atoms with van der Waals surface area (Å²) in [6, 6.07) is 9.29. The Balaban J connectivity index is 0.00000243. The zero-order chi connectivity index (χ0) is 18.0. The average molecular weight is 383 g/mol. The largest absolute Gasteiger partial charge is 0.434 e. The Labute approximate surface area is 157 Å². The number of ether oxygens (including phenoxy) is 1. The van der Waals surface area contributed by atoms with Crippen molar-refractivity contribution in [1.82, 2.24) is 10.6 Å². The molecule has 140 valence electrons. The van der Waals surface area contributed by atoms with Gasteiger partial charge in [0.1, 0.15) is 5.75 Å². The first-order valence-corrected chi connectivity index (χ1v) is 8.09. The summed E-state index contributed by atoms with van der Waals surface area (Å²) < 4.78 is 29.4. The van der Waals surface area contributed by atoms with Crippen molar-refractivity contribution in [3.8, 4) is 5.75 Å². The molecule has 1 heterocycles. The Hall–Kier alpha value is -2.18. The zero-order valence-corrected chi connectivity index (χ0v) is 15.4. The number of carbonyl (C=O) groups is 1. The highest BCUT2D eigenvalue weighted by Crippen LogP contribution is 2.26. The van der Waals surface area contributed by atoms with Gasteiger partial charge in [-0.1, -0.05) is 18.2 Å². The molecule has 0 saturated heterocycles. The van der Waals surface area contributed by atoms with E-state index in [1.54, 1.807) is 26.0 Å². The number of fused-ring (bicyclic) bond motifs is 1. The molecular weight excluding hydrogens is 362 g/mol. The van der Waals surface area contributed by atoms with Gasteiger partial charge in [0.05, 0.1) is 0 Å². The number of halogens is 3. The second kappa shape index (κ2) is 8.47. The summed E-state index contributed by atoms with van der Waals surface area (Å²) in [6.07, 6.45) is 0. The van der Waals surface area contributed by atoms with Crippen LogP contribution >= 0.6 is 12.4 Å². The van der Waals surface area contributed by atoms with Gasteiger partial charge in [-0.05, 0) is 53.8 Å². The summed E-state index contributed by atoms with van der Waals surface area (Å²) in [4.78, 5) is 12.4. The molecule has 0 unspecified atom stereocenters. The van der Waals surface area contributed by atoms with Crippen molar-refractivity contribution >= 4 is 18.3 Å². The smallest absolute Gasteiger partial charge is 0.387 e. The fourth-order valence-corrected chi connectivity index (χ4v) is 3.10. The number of aryl methyl sites for hydroxylation is 2. The quantitative estimate of drug-likeness (QED) is 0.825. The standard InChI is InChI=1S/C19H20F2N2O2.ClH/c1-11-5-15(6-12(2)17(11)25-19(20)21)18(24)23-8-13-3-4-14-9-22-10-16(14)7-13;/h3-7,19,22H,8-10H2,1-2H3,(H,23,24);1H. The minimum absolute atomic E-state index is 0. The highest BCUT2D eigenvalue weighted by atomic mass is 35.5. The average Bonchev–Trinajstić information content (AvgIpc) is 3.03. The van der Waals surface area contributed by atoms with Gasteiger partial charge in [0.15, 0.2) is 0 Å². The fourth-order valence-electron chi connectivity index (χ4n) is 3.10. The van der Waals surface area contributed by atoms with Gasteiger partial charge in [-0.2, -0.15) is 8.78 Å². The third kappa shape index (κ3) is 4.51. The third-order valence-electron chi connectivity index (χ3n) is 4.28. The van der Waals surface area contributed by atoms with Gasteiger partial charge < -0.3 is 15.4 Å². The van der Waals surface area contributed by atoms with Gasteiger partial charge in [0.25, 0.3) is 5.91 Å². The Morgan fingerprint density at radius 2 is 1.81 bits per heavy atom. The zero-order valence-electron chi connectivity index (χ0n) is 14.6. The summed E-state index contributed by atoms with van der Waals surface area (Å²) in [5.41, 5.74) is 5.02. The van der Waals surface area contributed by atoms with Crippen molar-refractivity contribution in [3.05, 3.63) is 63.7 Å². The van der Waals surface area contributed by atoms with E-state index < -0.39 is 6.61 Å². The second-order valence-electron chi connectivity index (χ2n) is 6.21. The molecule has 1 aliphatic rings. The summed E-state index contributed by atoms with van der Waals surface area (Å²) >= 11 is 0. The molecule has 7 heteroatoms. The highest BCUT2D eigenvalue weighted by Gasteiger charge is 2.15. The van der Waals surface area contributed by atoms with Crippen LogP contribution in [-0.2, 0) is 19.6 Å². The first kappa shape index (κ1) is 20.1. The van der Waals surface area contributed by atoms with E-state index in [0.717, 1.165) is 18.7 Å². The third-order valence-corrected chi connectivity index (χ3v) is 4.28. The molecule has 0 radical (unpaired) electrons. The summed E-state index contributed by atoms with van der Waals surface area (Å²) in [6.45, 7) is 2.56. The van der Waals surface area contributed by atoms with Gasteiger partial charge in [-0.25, -0.2) is 0 Å². The molecule has 2 aromatic rings. The van der Waals surface area contributed by atoms with Gasteiger partial charge in [-0.15, -0.1) is 12.4 Å². The van der Waals surface area contributed by atoms with Crippen molar-refractivity contribution in [2.45, 2.75) is 40.1 Å². The lowest BCUT2D eigenvalue weighted by atomic mass is 10.0. The van der Waals surface area contributed by atoms with Gasteiger partial charge in [0, 0.05) is 25.2 Å². The first-order valence-electron chi connectivity index (χ1n) is 8.09. The minimum Gasteiger partial charge on any atom is -0.434 e. The van der Waals surface area contributed by atoms with E-state index in [0.29, 0.717) is 23.2 Å². The van der Waals surface area contributed by atoms with Gasteiger partial charge in [0.2, 0.25) is 0 Å². The van der Waals surface area contributed by atoms with Crippen molar-refractivity contribution in [1.29, 1.82) is 0 Å². The van der Waals surface area contributed by atoms with E-state index in [-0.39, 0.29) is 24.1 Å². The van der Waals surface area contributed by atoms with E-state index in [9.17, 15) is 13.6 Å². The normalized spacial score (nSPS) is 12.5. The Morgan fingerprint density at radius 3 is 2.46 bits per heavy atom. The lowest BCUT2D eigenvalue weighted by molar-refractivity contribution is -0.0507. The van der Waals surface area contributed by atoms with Crippen LogP contribution in [0.2, 0.25) is 0 Å². The maximum Gasteiger partial charge on any atom is 0.387 e. The molecule has 26 heavy (non-hydrogen) atoms. The number of benzene rings is 2. The molecule has 0 bridgehead atoms. The van der Waals surface area contributed by atoms with E-state index >= 15 is 0 Å². The Bertz CT molecular complexity index is 789. The summed E-state index contributed by atoms with van der Waals surface area (Å²) in [5, 5.41) is 6.16. The molecular formula is C19H21ClF2N2O2. The number of rotatable bonds is 5. The van der Waals surface area contributed by atoms with Crippen molar-refractivity contribution in [3.63, 3.8) is 0 Å². The molecule has 2 N–H and O–H groups in total. The van der Waals surface area contributed by atoms with Crippen molar-refractivity contribution < 1.29 is 18.3 Å². The van der Waals surface area contributed by atoms with E-state index in [1.165, 1.54) is 11.1 Å². The van der Waals surface area contributed by atoms with Crippen LogP contribution in [0, 0.1) is 13.8 Å². The molecule has 0 aliphatic carbocycles. The second-order valence-corrected chi connectivity index (χ2v) is 6.21. The van der Waals surface area contributed by atoms with Crippen LogP contribution in [0.4, 0.5) is 8.78 Å². The molecule has 3 rings (SSSR count). The van der Waals surface area contributed by atoms with E-state index in [1.807, 2.05) is 6.07 Å². The SMILES string of the molecule is Cc1cc(C(=O)NCc2ccc3c(c2)CNC3)cc(C)c1OC(F)F.Cl. The molecule has 1 aliphatic heterocycles. The minimum atomic E-state index is -2.88. The molecule has 0 spiro atoms. The first-order chi connectivity index (χ1) is 11.9. The molecule has 1 amide bonds. The highest BCUT2D eigenvalue weighted by molar-refractivity contribution is 5.94. The number of amides is 1. The van der Waals surface area contributed by atoms with Crippen LogP contribution in [0.3, 0.4) is 0 Å². The number of hydrogen-bond donors (Lipinski definition) is 2. The molecule has 0 saturated carbocycles. The predicted octanol–water partition coefficient (Wildman–Crippen LogP) is 3.86.